The van der Waals surface area contributed by atoms with Gasteiger partial charge in [0.05, 0.1) is 21.8 Å². The van der Waals surface area contributed by atoms with E-state index in [1.54, 1.807) is 53.1 Å². The number of nitrogens with zero attached hydrogens (tertiary/aromatic N) is 4. The lowest BCUT2D eigenvalue weighted by atomic mass is 10.2. The molecule has 1 aliphatic heterocycles. The summed E-state index contributed by atoms with van der Waals surface area (Å²) in [5.41, 5.74) is 0.508. The molecule has 2 heterocycles. The SMILES string of the molecule is CCn1c(C(C)N2CCN(S(=O)(=O)c3ccccc3)CC2)nc2ccc(Cl)cc2c1=O. The highest BCUT2D eigenvalue weighted by atomic mass is 35.5. The number of hydrogen-bond donors (Lipinski definition) is 0. The summed E-state index contributed by atoms with van der Waals surface area (Å²) in [7, 11) is -3.50. The molecule has 1 aromatic heterocycles. The fraction of sp³-hybridized carbons (Fsp3) is 0.364. The monoisotopic (exact) mass is 460 g/mol. The van der Waals surface area contributed by atoms with Crippen molar-refractivity contribution in [2.75, 3.05) is 26.2 Å². The van der Waals surface area contributed by atoms with Crippen molar-refractivity contribution < 1.29 is 8.42 Å². The minimum atomic E-state index is -3.50. The van der Waals surface area contributed by atoms with E-state index in [-0.39, 0.29) is 11.6 Å². The van der Waals surface area contributed by atoms with Crippen LogP contribution in [0.4, 0.5) is 0 Å². The molecule has 0 radical (unpaired) electrons. The number of aromatic nitrogens is 2. The van der Waals surface area contributed by atoms with Gasteiger partial charge in [-0.05, 0) is 44.2 Å². The predicted molar refractivity (Wildman–Crippen MR) is 122 cm³/mol. The molecule has 0 aliphatic carbocycles. The maximum Gasteiger partial charge on any atom is 0.261 e. The normalized spacial score (nSPS) is 17.1. The van der Waals surface area contributed by atoms with Crippen LogP contribution >= 0.6 is 11.6 Å². The third-order valence-electron chi connectivity index (χ3n) is 5.84. The zero-order valence-electron chi connectivity index (χ0n) is 17.5. The van der Waals surface area contributed by atoms with E-state index in [4.69, 9.17) is 16.6 Å². The molecule has 0 spiro atoms. The van der Waals surface area contributed by atoms with E-state index in [0.717, 1.165) is 0 Å². The molecule has 0 N–H and O–H groups in total. The molecule has 1 fully saturated rings. The quantitative estimate of drug-likeness (QED) is 0.584. The van der Waals surface area contributed by atoms with Gasteiger partial charge >= 0.3 is 0 Å². The van der Waals surface area contributed by atoms with Gasteiger partial charge in [-0.15, -0.1) is 0 Å². The number of rotatable bonds is 5. The highest BCUT2D eigenvalue weighted by Gasteiger charge is 2.31. The second-order valence-corrected chi connectivity index (χ2v) is 9.98. The molecule has 1 unspecified atom stereocenters. The zero-order chi connectivity index (χ0) is 22.2. The van der Waals surface area contributed by atoms with Gasteiger partial charge in [0.1, 0.15) is 5.82 Å². The average Bonchev–Trinajstić information content (AvgIpc) is 2.79. The highest BCUT2D eigenvalue weighted by Crippen LogP contribution is 2.24. The molecule has 0 bridgehead atoms. The molecule has 31 heavy (non-hydrogen) atoms. The number of halogens is 1. The molecule has 1 saturated heterocycles. The summed E-state index contributed by atoms with van der Waals surface area (Å²) in [6.45, 7) is 6.33. The van der Waals surface area contributed by atoms with Gasteiger partial charge in [0, 0.05) is 37.7 Å². The number of sulfonamides is 1. The molecule has 2 aromatic carbocycles. The Morgan fingerprint density at radius 3 is 2.39 bits per heavy atom. The van der Waals surface area contributed by atoms with Crippen LogP contribution in [0.5, 0.6) is 0 Å². The van der Waals surface area contributed by atoms with Crippen molar-refractivity contribution in [2.45, 2.75) is 31.3 Å². The van der Waals surface area contributed by atoms with Crippen molar-refractivity contribution in [2.24, 2.45) is 0 Å². The van der Waals surface area contributed by atoms with Crippen molar-refractivity contribution >= 4 is 32.5 Å². The molecule has 9 heteroatoms. The van der Waals surface area contributed by atoms with Crippen molar-refractivity contribution in [3.63, 3.8) is 0 Å². The van der Waals surface area contributed by atoms with Gasteiger partial charge in [-0.3, -0.25) is 14.3 Å². The number of piperazine rings is 1. The average molecular weight is 461 g/mol. The fourth-order valence-corrected chi connectivity index (χ4v) is 5.69. The van der Waals surface area contributed by atoms with Gasteiger partial charge in [0.2, 0.25) is 10.0 Å². The Hall–Kier alpha value is -2.26. The summed E-state index contributed by atoms with van der Waals surface area (Å²) in [5, 5.41) is 1.01. The topological polar surface area (TPSA) is 75.5 Å². The first-order chi connectivity index (χ1) is 14.8. The highest BCUT2D eigenvalue weighted by molar-refractivity contribution is 7.89. The number of fused-ring (bicyclic) bond motifs is 1. The Morgan fingerprint density at radius 2 is 1.74 bits per heavy atom. The van der Waals surface area contributed by atoms with E-state index >= 15 is 0 Å². The van der Waals surface area contributed by atoms with Crippen LogP contribution in [0.15, 0.2) is 58.2 Å². The molecular formula is C22H25ClN4O3S. The van der Waals surface area contributed by atoms with Crippen LogP contribution in [0.3, 0.4) is 0 Å². The van der Waals surface area contributed by atoms with Gasteiger partial charge < -0.3 is 0 Å². The largest absolute Gasteiger partial charge is 0.295 e. The van der Waals surface area contributed by atoms with Crippen molar-refractivity contribution in [1.82, 2.24) is 18.8 Å². The Balaban J connectivity index is 1.58. The van der Waals surface area contributed by atoms with Crippen molar-refractivity contribution in [1.29, 1.82) is 0 Å². The summed E-state index contributed by atoms with van der Waals surface area (Å²) in [6.07, 6.45) is 0. The van der Waals surface area contributed by atoms with E-state index in [1.807, 2.05) is 13.8 Å². The lowest BCUT2D eigenvalue weighted by Crippen LogP contribution is -2.49. The van der Waals surface area contributed by atoms with Gasteiger partial charge in [-0.1, -0.05) is 29.8 Å². The van der Waals surface area contributed by atoms with E-state index in [1.165, 1.54) is 4.31 Å². The Labute approximate surface area is 186 Å². The molecule has 7 nitrogen and oxygen atoms in total. The van der Waals surface area contributed by atoms with Crippen LogP contribution < -0.4 is 5.56 Å². The molecule has 1 aliphatic rings. The fourth-order valence-electron chi connectivity index (χ4n) is 4.07. The van der Waals surface area contributed by atoms with Crippen molar-refractivity contribution in [3.05, 3.63) is 69.7 Å². The Bertz CT molecular complexity index is 1250. The molecule has 3 aromatic rings. The summed E-state index contributed by atoms with van der Waals surface area (Å²) >= 11 is 6.07. The standard InChI is InChI=1S/C22H25ClN4O3S/c1-3-27-21(24-20-10-9-17(23)15-19(20)22(27)28)16(2)25-11-13-26(14-12-25)31(29,30)18-7-5-4-6-8-18/h4-10,15-16H,3,11-14H2,1-2H3. The molecule has 4 rings (SSSR count). The minimum Gasteiger partial charge on any atom is -0.295 e. The van der Waals surface area contributed by atoms with Crippen LogP contribution in [0.25, 0.3) is 10.9 Å². The third kappa shape index (κ3) is 4.13. The van der Waals surface area contributed by atoms with Gasteiger partial charge in [0.25, 0.3) is 5.56 Å². The van der Waals surface area contributed by atoms with Crippen LogP contribution in [0.1, 0.15) is 25.7 Å². The first kappa shape index (κ1) is 22.0. The predicted octanol–water partition coefficient (Wildman–Crippen LogP) is 3.14. The van der Waals surface area contributed by atoms with Gasteiger partial charge in [-0.2, -0.15) is 4.31 Å². The number of hydrogen-bond acceptors (Lipinski definition) is 5. The molecular weight excluding hydrogens is 436 g/mol. The van der Waals surface area contributed by atoms with E-state index in [2.05, 4.69) is 4.90 Å². The van der Waals surface area contributed by atoms with E-state index in [0.29, 0.717) is 59.4 Å². The summed E-state index contributed by atoms with van der Waals surface area (Å²) in [6, 6.07) is 13.5. The van der Waals surface area contributed by atoms with Crippen LogP contribution in [-0.4, -0.2) is 53.4 Å². The first-order valence-electron chi connectivity index (χ1n) is 10.3. The van der Waals surface area contributed by atoms with Crippen LogP contribution in [0.2, 0.25) is 5.02 Å². The second-order valence-electron chi connectivity index (χ2n) is 7.61. The van der Waals surface area contributed by atoms with Crippen LogP contribution in [-0.2, 0) is 16.6 Å². The van der Waals surface area contributed by atoms with Crippen LogP contribution in [0, 0.1) is 0 Å². The molecule has 1 atom stereocenters. The van der Waals surface area contributed by atoms with E-state index < -0.39 is 10.0 Å². The van der Waals surface area contributed by atoms with E-state index in [9.17, 15) is 13.2 Å². The summed E-state index contributed by atoms with van der Waals surface area (Å²) in [4.78, 5) is 20.3. The number of benzene rings is 2. The maximum atomic E-state index is 13.0. The first-order valence-corrected chi connectivity index (χ1v) is 12.1. The Morgan fingerprint density at radius 1 is 1.06 bits per heavy atom. The molecule has 0 saturated carbocycles. The smallest absolute Gasteiger partial charge is 0.261 e. The minimum absolute atomic E-state index is 0.109. The maximum absolute atomic E-state index is 13.0. The lowest BCUT2D eigenvalue weighted by Gasteiger charge is -2.37. The summed E-state index contributed by atoms with van der Waals surface area (Å²) < 4.78 is 29.0. The third-order valence-corrected chi connectivity index (χ3v) is 7.99. The lowest BCUT2D eigenvalue weighted by molar-refractivity contribution is 0.138. The van der Waals surface area contributed by atoms with Crippen molar-refractivity contribution in [3.8, 4) is 0 Å². The summed E-state index contributed by atoms with van der Waals surface area (Å²) in [5.74, 6) is 0.682. The van der Waals surface area contributed by atoms with Gasteiger partial charge in [0.15, 0.2) is 0 Å². The Kier molecular flexibility index (Phi) is 6.16. The second kappa shape index (κ2) is 8.70. The molecule has 0 amide bonds. The van der Waals surface area contributed by atoms with Gasteiger partial charge in [-0.25, -0.2) is 13.4 Å². The molecule has 164 valence electrons. The zero-order valence-corrected chi connectivity index (χ0v) is 19.1.